The minimum Gasteiger partial charge on any atom is -0.321 e. The van der Waals surface area contributed by atoms with Gasteiger partial charge in [-0.15, -0.1) is 0 Å². The molecule has 1 aromatic carbocycles. The van der Waals surface area contributed by atoms with Gasteiger partial charge in [-0.25, -0.2) is 0 Å². The summed E-state index contributed by atoms with van der Waals surface area (Å²) in [6.07, 6.45) is 3.22. The van der Waals surface area contributed by atoms with E-state index in [1.54, 1.807) is 0 Å². The second-order valence-corrected chi connectivity index (χ2v) is 6.30. The molecule has 0 spiro atoms. The van der Waals surface area contributed by atoms with Gasteiger partial charge in [-0.05, 0) is 48.8 Å². The van der Waals surface area contributed by atoms with Crippen molar-refractivity contribution in [3.8, 4) is 0 Å². The Hall–Kier alpha value is -0.240. The molecule has 0 bridgehead atoms. The van der Waals surface area contributed by atoms with Crippen molar-refractivity contribution in [3.05, 3.63) is 33.8 Å². The summed E-state index contributed by atoms with van der Waals surface area (Å²) in [5, 5.41) is 1.19. The zero-order valence-corrected chi connectivity index (χ0v) is 11.9. The highest BCUT2D eigenvalue weighted by Crippen LogP contribution is 2.41. The first-order chi connectivity index (χ1) is 7.92. The maximum atomic E-state index is 6.55. The highest BCUT2D eigenvalue weighted by molar-refractivity contribution is 6.42. The molecule has 0 aromatic heterocycles. The number of hydrogen-bond acceptors (Lipinski definition) is 1. The van der Waals surface area contributed by atoms with Gasteiger partial charge in [0.05, 0.1) is 10.0 Å². The maximum absolute atomic E-state index is 6.55. The molecular formula is C14H19Cl2N. The summed E-state index contributed by atoms with van der Waals surface area (Å²) in [4.78, 5) is 0. The standard InChI is InChI=1S/C14H19Cl2N/c1-9-5-6-14(17,8-10(9)2)11-3-4-12(15)13(16)7-11/h3-4,7,9-10H,5-6,8,17H2,1-2H3. The molecule has 94 valence electrons. The second-order valence-electron chi connectivity index (χ2n) is 5.48. The molecule has 1 aliphatic carbocycles. The van der Waals surface area contributed by atoms with Gasteiger partial charge < -0.3 is 5.73 Å². The summed E-state index contributed by atoms with van der Waals surface area (Å²) in [6, 6.07) is 5.78. The van der Waals surface area contributed by atoms with Crippen LogP contribution in [0.25, 0.3) is 0 Å². The molecule has 0 saturated heterocycles. The smallest absolute Gasteiger partial charge is 0.0595 e. The molecule has 1 nitrogen and oxygen atoms in total. The Morgan fingerprint density at radius 3 is 2.47 bits per heavy atom. The van der Waals surface area contributed by atoms with Gasteiger partial charge in [0.15, 0.2) is 0 Å². The number of halogens is 2. The molecule has 1 fully saturated rings. The van der Waals surface area contributed by atoms with Crippen molar-refractivity contribution in [1.82, 2.24) is 0 Å². The quantitative estimate of drug-likeness (QED) is 0.794. The topological polar surface area (TPSA) is 26.0 Å². The number of nitrogens with two attached hydrogens (primary N) is 1. The average molecular weight is 272 g/mol. The summed E-state index contributed by atoms with van der Waals surface area (Å²) in [5.74, 6) is 1.41. The van der Waals surface area contributed by atoms with Crippen LogP contribution >= 0.6 is 23.2 Å². The Kier molecular flexibility index (Phi) is 3.72. The normalized spacial score (nSPS) is 33.7. The van der Waals surface area contributed by atoms with E-state index in [2.05, 4.69) is 13.8 Å². The van der Waals surface area contributed by atoms with Crippen molar-refractivity contribution >= 4 is 23.2 Å². The molecule has 1 aromatic rings. The average Bonchev–Trinajstić information content (AvgIpc) is 2.28. The van der Waals surface area contributed by atoms with Crippen LogP contribution in [-0.2, 0) is 5.54 Å². The molecule has 2 rings (SSSR count). The van der Waals surface area contributed by atoms with E-state index < -0.39 is 0 Å². The van der Waals surface area contributed by atoms with Crippen LogP contribution in [0.1, 0.15) is 38.7 Å². The van der Waals surface area contributed by atoms with Gasteiger partial charge >= 0.3 is 0 Å². The lowest BCUT2D eigenvalue weighted by molar-refractivity contribution is 0.177. The van der Waals surface area contributed by atoms with Gasteiger partial charge in [-0.1, -0.05) is 43.1 Å². The largest absolute Gasteiger partial charge is 0.321 e. The van der Waals surface area contributed by atoms with E-state index in [4.69, 9.17) is 28.9 Å². The summed E-state index contributed by atoms with van der Waals surface area (Å²) in [7, 11) is 0. The van der Waals surface area contributed by atoms with E-state index in [-0.39, 0.29) is 5.54 Å². The van der Waals surface area contributed by atoms with Crippen molar-refractivity contribution in [3.63, 3.8) is 0 Å². The van der Waals surface area contributed by atoms with Crippen molar-refractivity contribution in [1.29, 1.82) is 0 Å². The molecule has 0 radical (unpaired) electrons. The third kappa shape index (κ3) is 2.62. The Balaban J connectivity index is 2.29. The van der Waals surface area contributed by atoms with Gasteiger partial charge in [0.25, 0.3) is 0 Å². The fourth-order valence-corrected chi connectivity index (χ4v) is 3.01. The Morgan fingerprint density at radius 2 is 1.88 bits per heavy atom. The minimum atomic E-state index is -0.236. The highest BCUT2D eigenvalue weighted by atomic mass is 35.5. The van der Waals surface area contributed by atoms with Crippen LogP contribution in [-0.4, -0.2) is 0 Å². The zero-order chi connectivity index (χ0) is 12.6. The monoisotopic (exact) mass is 271 g/mol. The van der Waals surface area contributed by atoms with Crippen LogP contribution < -0.4 is 5.73 Å². The second kappa shape index (κ2) is 4.79. The number of benzene rings is 1. The lowest BCUT2D eigenvalue weighted by atomic mass is 9.69. The van der Waals surface area contributed by atoms with Crippen LogP contribution in [0.3, 0.4) is 0 Å². The van der Waals surface area contributed by atoms with E-state index >= 15 is 0 Å². The van der Waals surface area contributed by atoms with Crippen molar-refractivity contribution < 1.29 is 0 Å². The van der Waals surface area contributed by atoms with E-state index in [0.717, 1.165) is 24.3 Å². The minimum absolute atomic E-state index is 0.236. The molecule has 3 heteroatoms. The Labute approximate surface area is 113 Å². The van der Waals surface area contributed by atoms with Gasteiger partial charge in [0, 0.05) is 5.54 Å². The molecule has 2 N–H and O–H groups in total. The summed E-state index contributed by atoms with van der Waals surface area (Å²) < 4.78 is 0. The molecule has 1 aliphatic rings. The van der Waals surface area contributed by atoms with Crippen molar-refractivity contribution in [2.75, 3.05) is 0 Å². The Bertz CT molecular complexity index is 419. The molecule has 17 heavy (non-hydrogen) atoms. The van der Waals surface area contributed by atoms with E-state index in [9.17, 15) is 0 Å². The summed E-state index contributed by atoms with van der Waals surface area (Å²) in [5.41, 5.74) is 7.43. The molecule has 0 amide bonds. The molecule has 3 atom stereocenters. The molecule has 0 aliphatic heterocycles. The van der Waals surface area contributed by atoms with Crippen LogP contribution in [0.2, 0.25) is 10.0 Å². The van der Waals surface area contributed by atoms with Crippen molar-refractivity contribution in [2.45, 2.75) is 38.6 Å². The first kappa shape index (κ1) is 13.2. The third-order valence-electron chi connectivity index (χ3n) is 4.20. The highest BCUT2D eigenvalue weighted by Gasteiger charge is 2.35. The number of rotatable bonds is 1. The Morgan fingerprint density at radius 1 is 1.18 bits per heavy atom. The van der Waals surface area contributed by atoms with Gasteiger partial charge in [-0.2, -0.15) is 0 Å². The van der Waals surface area contributed by atoms with Crippen molar-refractivity contribution in [2.24, 2.45) is 17.6 Å². The van der Waals surface area contributed by atoms with Gasteiger partial charge in [-0.3, -0.25) is 0 Å². The van der Waals surface area contributed by atoms with Crippen LogP contribution in [0.15, 0.2) is 18.2 Å². The van der Waals surface area contributed by atoms with E-state index in [1.807, 2.05) is 18.2 Å². The molecule has 1 saturated carbocycles. The first-order valence-electron chi connectivity index (χ1n) is 6.17. The lowest BCUT2D eigenvalue weighted by Gasteiger charge is -2.40. The SMILES string of the molecule is CC1CCC(N)(c2ccc(Cl)c(Cl)c2)CC1C. The van der Waals surface area contributed by atoms with Crippen LogP contribution in [0.4, 0.5) is 0 Å². The van der Waals surface area contributed by atoms with E-state index in [0.29, 0.717) is 16.0 Å². The molecule has 0 heterocycles. The predicted octanol–water partition coefficient (Wildman–Crippen LogP) is 4.60. The lowest BCUT2D eigenvalue weighted by Crippen LogP contribution is -2.43. The van der Waals surface area contributed by atoms with Crippen LogP contribution in [0, 0.1) is 11.8 Å². The summed E-state index contributed by atoms with van der Waals surface area (Å²) >= 11 is 12.0. The fraction of sp³-hybridized carbons (Fsp3) is 0.571. The maximum Gasteiger partial charge on any atom is 0.0595 e. The number of hydrogen-bond donors (Lipinski definition) is 1. The predicted molar refractivity (Wildman–Crippen MR) is 74.5 cm³/mol. The fourth-order valence-electron chi connectivity index (χ4n) is 2.72. The summed E-state index contributed by atoms with van der Waals surface area (Å²) in [6.45, 7) is 4.59. The third-order valence-corrected chi connectivity index (χ3v) is 4.94. The van der Waals surface area contributed by atoms with Gasteiger partial charge in [0.1, 0.15) is 0 Å². The first-order valence-corrected chi connectivity index (χ1v) is 6.92. The van der Waals surface area contributed by atoms with E-state index in [1.165, 1.54) is 6.42 Å². The molecular weight excluding hydrogens is 253 g/mol. The molecule has 3 unspecified atom stereocenters. The zero-order valence-electron chi connectivity index (χ0n) is 10.3. The van der Waals surface area contributed by atoms with Gasteiger partial charge in [0.2, 0.25) is 0 Å². The van der Waals surface area contributed by atoms with Crippen LogP contribution in [0.5, 0.6) is 0 Å².